The summed E-state index contributed by atoms with van der Waals surface area (Å²) in [6.07, 6.45) is 0. The Kier molecular flexibility index (Phi) is 2.77. The third-order valence-electron chi connectivity index (χ3n) is 2.74. The second-order valence-corrected chi connectivity index (χ2v) is 4.94. The molecule has 1 aromatic heterocycles. The fourth-order valence-electron chi connectivity index (χ4n) is 1.82. The van der Waals surface area contributed by atoms with E-state index < -0.39 is 0 Å². The van der Waals surface area contributed by atoms with Gasteiger partial charge in [0, 0.05) is 16.8 Å². The van der Waals surface area contributed by atoms with Crippen LogP contribution in [0.2, 0.25) is 10.0 Å². The summed E-state index contributed by atoms with van der Waals surface area (Å²) in [7, 11) is 0. The van der Waals surface area contributed by atoms with Gasteiger partial charge in [0.1, 0.15) is 5.52 Å². The number of halogens is 2. The maximum Gasteiger partial charge on any atom is 0.229 e. The van der Waals surface area contributed by atoms with Crippen LogP contribution >= 0.6 is 23.2 Å². The number of hydrogen-bond donors (Lipinski definition) is 2. The van der Waals surface area contributed by atoms with Gasteiger partial charge in [-0.25, -0.2) is 4.98 Å². The minimum atomic E-state index is 0.363. The van der Waals surface area contributed by atoms with Gasteiger partial charge in [0.25, 0.3) is 0 Å². The zero-order valence-electron chi connectivity index (χ0n) is 9.65. The molecule has 0 bridgehead atoms. The van der Waals surface area contributed by atoms with Crippen molar-refractivity contribution in [1.82, 2.24) is 4.98 Å². The van der Waals surface area contributed by atoms with Gasteiger partial charge in [0.05, 0.1) is 16.3 Å². The van der Waals surface area contributed by atoms with Crippen LogP contribution in [0, 0.1) is 0 Å². The van der Waals surface area contributed by atoms with Crippen LogP contribution in [0.15, 0.2) is 34.7 Å². The highest BCUT2D eigenvalue weighted by atomic mass is 35.5. The van der Waals surface area contributed by atoms with Crippen LogP contribution in [-0.4, -0.2) is 4.98 Å². The van der Waals surface area contributed by atoms with E-state index in [1.54, 1.807) is 30.3 Å². The number of nitrogens with zero attached hydrogens (tertiary/aromatic N) is 1. The summed E-state index contributed by atoms with van der Waals surface area (Å²) >= 11 is 12.0. The van der Waals surface area contributed by atoms with E-state index in [1.165, 1.54) is 0 Å². The molecule has 2 aromatic carbocycles. The minimum Gasteiger partial charge on any atom is -0.436 e. The van der Waals surface area contributed by atoms with Crippen LogP contribution in [0.3, 0.4) is 0 Å². The highest BCUT2D eigenvalue weighted by Gasteiger charge is 2.14. The average molecular weight is 294 g/mol. The monoisotopic (exact) mass is 293 g/mol. The summed E-state index contributed by atoms with van der Waals surface area (Å²) in [4.78, 5) is 4.35. The van der Waals surface area contributed by atoms with Gasteiger partial charge in [-0.1, -0.05) is 23.2 Å². The first-order valence-electron chi connectivity index (χ1n) is 5.45. The van der Waals surface area contributed by atoms with Crippen molar-refractivity contribution in [3.63, 3.8) is 0 Å². The highest BCUT2D eigenvalue weighted by Crippen LogP contribution is 2.35. The Bertz CT molecular complexity index is 783. The summed E-state index contributed by atoms with van der Waals surface area (Å²) < 4.78 is 5.64. The number of aromatic nitrogens is 1. The molecule has 3 rings (SSSR count). The molecule has 0 aliphatic heterocycles. The van der Waals surface area contributed by atoms with Gasteiger partial charge in [0.15, 0.2) is 5.58 Å². The number of nitrogens with two attached hydrogens (primary N) is 2. The molecule has 0 spiro atoms. The number of rotatable bonds is 1. The molecule has 0 saturated heterocycles. The minimum absolute atomic E-state index is 0.363. The number of hydrogen-bond acceptors (Lipinski definition) is 4. The van der Waals surface area contributed by atoms with Crippen LogP contribution < -0.4 is 11.5 Å². The molecule has 0 saturated carbocycles. The predicted octanol–water partition coefficient (Wildman–Crippen LogP) is 3.97. The molecular weight excluding hydrogens is 285 g/mol. The van der Waals surface area contributed by atoms with E-state index in [1.807, 2.05) is 0 Å². The number of oxazole rings is 1. The van der Waals surface area contributed by atoms with Crippen LogP contribution in [0.1, 0.15) is 0 Å². The average Bonchev–Trinajstić information content (AvgIpc) is 2.76. The van der Waals surface area contributed by atoms with Crippen molar-refractivity contribution in [3.05, 3.63) is 40.4 Å². The van der Waals surface area contributed by atoms with Gasteiger partial charge in [-0.15, -0.1) is 0 Å². The summed E-state index contributed by atoms with van der Waals surface area (Å²) in [6, 6.07) is 8.47. The van der Waals surface area contributed by atoms with Crippen LogP contribution in [0.5, 0.6) is 0 Å². The molecule has 4 N–H and O–H groups in total. The summed E-state index contributed by atoms with van der Waals surface area (Å²) in [5.74, 6) is 0.363. The SMILES string of the molecule is Nc1ccc2nc(-c3cc(Cl)cc(Cl)c3N)oc2c1. The Balaban J connectivity index is 2.24. The van der Waals surface area contributed by atoms with Gasteiger partial charge in [0.2, 0.25) is 5.89 Å². The second kappa shape index (κ2) is 4.33. The van der Waals surface area contributed by atoms with E-state index in [0.29, 0.717) is 44.0 Å². The largest absolute Gasteiger partial charge is 0.436 e. The second-order valence-electron chi connectivity index (χ2n) is 4.10. The van der Waals surface area contributed by atoms with E-state index in [4.69, 9.17) is 39.1 Å². The van der Waals surface area contributed by atoms with Gasteiger partial charge in [-0.2, -0.15) is 0 Å². The highest BCUT2D eigenvalue weighted by molar-refractivity contribution is 6.37. The number of nitrogen functional groups attached to an aromatic ring is 2. The molecule has 3 aromatic rings. The first-order chi connectivity index (χ1) is 9.04. The fourth-order valence-corrected chi connectivity index (χ4v) is 2.31. The first kappa shape index (κ1) is 12.1. The van der Waals surface area contributed by atoms with Crippen molar-refractivity contribution in [2.75, 3.05) is 11.5 Å². The zero-order valence-corrected chi connectivity index (χ0v) is 11.2. The zero-order chi connectivity index (χ0) is 13.6. The van der Waals surface area contributed by atoms with Gasteiger partial charge in [-0.05, 0) is 24.3 Å². The molecule has 96 valence electrons. The van der Waals surface area contributed by atoms with Gasteiger partial charge in [-0.3, -0.25) is 0 Å². The number of benzene rings is 2. The normalized spacial score (nSPS) is 11.1. The van der Waals surface area contributed by atoms with Crippen molar-refractivity contribution in [3.8, 4) is 11.5 Å². The molecule has 0 unspecified atom stereocenters. The Morgan fingerprint density at radius 1 is 1.05 bits per heavy atom. The first-order valence-corrected chi connectivity index (χ1v) is 6.21. The van der Waals surface area contributed by atoms with Crippen molar-refractivity contribution in [2.24, 2.45) is 0 Å². The Hall–Kier alpha value is -1.91. The lowest BCUT2D eigenvalue weighted by Gasteiger charge is -2.04. The van der Waals surface area contributed by atoms with Crippen molar-refractivity contribution in [1.29, 1.82) is 0 Å². The summed E-state index contributed by atoms with van der Waals surface area (Å²) in [5, 5.41) is 0.834. The summed E-state index contributed by atoms with van der Waals surface area (Å²) in [6.45, 7) is 0. The van der Waals surface area contributed by atoms with Crippen molar-refractivity contribution < 1.29 is 4.42 Å². The lowest BCUT2D eigenvalue weighted by atomic mass is 10.2. The Labute approximate surface area is 118 Å². The molecule has 0 atom stereocenters. The number of anilines is 2. The van der Waals surface area contributed by atoms with Crippen LogP contribution in [0.25, 0.3) is 22.6 Å². The molecule has 0 radical (unpaired) electrons. The fraction of sp³-hybridized carbons (Fsp3) is 0. The molecule has 0 aliphatic rings. The van der Waals surface area contributed by atoms with Gasteiger partial charge >= 0.3 is 0 Å². The van der Waals surface area contributed by atoms with Crippen LogP contribution in [-0.2, 0) is 0 Å². The summed E-state index contributed by atoms with van der Waals surface area (Å²) in [5.41, 5.74) is 14.4. The topological polar surface area (TPSA) is 78.1 Å². The quantitative estimate of drug-likeness (QED) is 0.666. The lowest BCUT2D eigenvalue weighted by molar-refractivity contribution is 0.620. The van der Waals surface area contributed by atoms with E-state index in [-0.39, 0.29) is 0 Å². The van der Waals surface area contributed by atoms with E-state index >= 15 is 0 Å². The third kappa shape index (κ3) is 2.09. The molecule has 0 amide bonds. The lowest BCUT2D eigenvalue weighted by Crippen LogP contribution is -1.91. The molecule has 1 heterocycles. The number of fused-ring (bicyclic) bond motifs is 1. The van der Waals surface area contributed by atoms with E-state index in [9.17, 15) is 0 Å². The van der Waals surface area contributed by atoms with Crippen molar-refractivity contribution in [2.45, 2.75) is 0 Å². The Morgan fingerprint density at radius 2 is 1.84 bits per heavy atom. The van der Waals surface area contributed by atoms with Crippen LogP contribution in [0.4, 0.5) is 11.4 Å². The molecule has 19 heavy (non-hydrogen) atoms. The maximum absolute atomic E-state index is 5.99. The molecule has 0 fully saturated rings. The predicted molar refractivity (Wildman–Crippen MR) is 78.3 cm³/mol. The maximum atomic E-state index is 5.99. The molecule has 6 heteroatoms. The molecular formula is C13H9Cl2N3O. The third-order valence-corrected chi connectivity index (χ3v) is 3.27. The smallest absolute Gasteiger partial charge is 0.229 e. The van der Waals surface area contributed by atoms with Gasteiger partial charge < -0.3 is 15.9 Å². The molecule has 0 aliphatic carbocycles. The van der Waals surface area contributed by atoms with E-state index in [0.717, 1.165) is 0 Å². The molecule has 4 nitrogen and oxygen atoms in total. The Morgan fingerprint density at radius 3 is 2.63 bits per heavy atom. The van der Waals surface area contributed by atoms with E-state index in [2.05, 4.69) is 4.98 Å². The standard InChI is InChI=1S/C13H9Cl2N3O/c14-6-3-8(12(17)9(15)4-6)13-18-10-2-1-7(16)5-11(10)19-13/h1-5H,16-17H2. The van der Waals surface area contributed by atoms with Crippen molar-refractivity contribution >= 4 is 45.7 Å².